The van der Waals surface area contributed by atoms with Crippen LogP contribution in [0.4, 0.5) is 0 Å². The zero-order chi connectivity index (χ0) is 13.8. The molecular weight excluding hydrogens is 232 g/mol. The monoisotopic (exact) mass is 266 g/mol. The van der Waals surface area contributed by atoms with E-state index in [0.29, 0.717) is 10.8 Å². The fourth-order valence-electron chi connectivity index (χ4n) is 4.06. The molecule has 0 aromatic heterocycles. The molecule has 1 aliphatic heterocycles. The molecule has 1 heterocycles. The zero-order valence-corrected chi connectivity index (χ0v) is 13.4. The zero-order valence-electron chi connectivity index (χ0n) is 13.4. The molecule has 0 aromatic rings. The Bertz CT molecular complexity index is 266. The fourth-order valence-corrected chi connectivity index (χ4v) is 4.06. The number of hydrogen-bond acceptors (Lipinski definition) is 2. The van der Waals surface area contributed by atoms with Gasteiger partial charge in [-0.15, -0.1) is 0 Å². The van der Waals surface area contributed by atoms with Gasteiger partial charge in [-0.3, -0.25) is 0 Å². The van der Waals surface area contributed by atoms with Crippen molar-refractivity contribution in [3.63, 3.8) is 0 Å². The molecule has 2 aliphatic rings. The molecule has 112 valence electrons. The van der Waals surface area contributed by atoms with E-state index in [9.17, 15) is 0 Å². The second-order valence-corrected chi connectivity index (χ2v) is 7.86. The van der Waals surface area contributed by atoms with Crippen LogP contribution in [-0.2, 0) is 0 Å². The standard InChI is InChI=1S/C17H34N2/c1-4-11-18-13-17(8-6-5-7-9-17)15-19-12-10-16(2,3)14-19/h18H,4-15H2,1-3H3. The van der Waals surface area contributed by atoms with E-state index in [-0.39, 0.29) is 0 Å². The summed E-state index contributed by atoms with van der Waals surface area (Å²) >= 11 is 0. The second kappa shape index (κ2) is 6.58. The molecule has 0 amide bonds. The summed E-state index contributed by atoms with van der Waals surface area (Å²) < 4.78 is 0. The molecule has 0 aromatic carbocycles. The van der Waals surface area contributed by atoms with E-state index >= 15 is 0 Å². The van der Waals surface area contributed by atoms with Gasteiger partial charge in [-0.1, -0.05) is 40.0 Å². The highest BCUT2D eigenvalue weighted by Crippen LogP contribution is 2.39. The molecule has 0 unspecified atom stereocenters. The molecule has 1 saturated heterocycles. The van der Waals surface area contributed by atoms with E-state index in [0.717, 1.165) is 0 Å². The summed E-state index contributed by atoms with van der Waals surface area (Å²) in [6.45, 7) is 13.5. The highest BCUT2D eigenvalue weighted by molar-refractivity contribution is 4.91. The Morgan fingerprint density at radius 1 is 1.05 bits per heavy atom. The summed E-state index contributed by atoms with van der Waals surface area (Å²) in [5.74, 6) is 0. The van der Waals surface area contributed by atoms with Crippen molar-refractivity contribution < 1.29 is 0 Å². The minimum absolute atomic E-state index is 0.548. The van der Waals surface area contributed by atoms with E-state index in [1.807, 2.05) is 0 Å². The van der Waals surface area contributed by atoms with Crippen LogP contribution in [0.2, 0.25) is 0 Å². The highest BCUT2D eigenvalue weighted by Gasteiger charge is 2.37. The van der Waals surface area contributed by atoms with Crippen molar-refractivity contribution in [2.75, 3.05) is 32.7 Å². The minimum Gasteiger partial charge on any atom is -0.316 e. The van der Waals surface area contributed by atoms with Crippen molar-refractivity contribution in [3.05, 3.63) is 0 Å². The third-order valence-corrected chi connectivity index (χ3v) is 5.16. The van der Waals surface area contributed by atoms with Crippen LogP contribution < -0.4 is 5.32 Å². The molecule has 1 N–H and O–H groups in total. The smallest absolute Gasteiger partial charge is 0.00504 e. The average molecular weight is 266 g/mol. The quantitative estimate of drug-likeness (QED) is 0.738. The van der Waals surface area contributed by atoms with Gasteiger partial charge in [0, 0.05) is 19.6 Å². The van der Waals surface area contributed by atoms with E-state index in [1.165, 1.54) is 77.7 Å². The first-order chi connectivity index (χ1) is 9.05. The van der Waals surface area contributed by atoms with E-state index in [1.54, 1.807) is 0 Å². The lowest BCUT2D eigenvalue weighted by Crippen LogP contribution is -2.45. The van der Waals surface area contributed by atoms with Crippen LogP contribution in [0.3, 0.4) is 0 Å². The Kier molecular flexibility index (Phi) is 5.30. The Hall–Kier alpha value is -0.0800. The molecule has 1 saturated carbocycles. The topological polar surface area (TPSA) is 15.3 Å². The summed E-state index contributed by atoms with van der Waals surface area (Å²) in [7, 11) is 0. The summed E-state index contributed by atoms with van der Waals surface area (Å²) in [6, 6.07) is 0. The molecular formula is C17H34N2. The number of hydrogen-bond donors (Lipinski definition) is 1. The first-order valence-electron chi connectivity index (χ1n) is 8.48. The van der Waals surface area contributed by atoms with Crippen LogP contribution in [0.1, 0.15) is 65.7 Å². The minimum atomic E-state index is 0.548. The van der Waals surface area contributed by atoms with E-state index in [4.69, 9.17) is 0 Å². The van der Waals surface area contributed by atoms with Crippen LogP contribution in [0, 0.1) is 10.8 Å². The lowest BCUT2D eigenvalue weighted by Gasteiger charge is -2.41. The molecule has 0 radical (unpaired) electrons. The first-order valence-corrected chi connectivity index (χ1v) is 8.48. The normalized spacial score (nSPS) is 26.7. The molecule has 2 nitrogen and oxygen atoms in total. The van der Waals surface area contributed by atoms with Gasteiger partial charge < -0.3 is 10.2 Å². The predicted molar refractivity (Wildman–Crippen MR) is 83.5 cm³/mol. The highest BCUT2D eigenvalue weighted by atomic mass is 15.2. The molecule has 2 heteroatoms. The Labute approximate surface area is 120 Å². The van der Waals surface area contributed by atoms with Crippen molar-refractivity contribution in [1.29, 1.82) is 0 Å². The third kappa shape index (κ3) is 4.46. The number of rotatable bonds is 6. The lowest BCUT2D eigenvalue weighted by molar-refractivity contribution is 0.111. The summed E-state index contributed by atoms with van der Waals surface area (Å²) in [6.07, 6.45) is 9.89. The number of nitrogens with zero attached hydrogens (tertiary/aromatic N) is 1. The molecule has 19 heavy (non-hydrogen) atoms. The van der Waals surface area contributed by atoms with Crippen LogP contribution in [0.5, 0.6) is 0 Å². The molecule has 0 spiro atoms. The molecule has 0 atom stereocenters. The van der Waals surface area contributed by atoms with Gasteiger partial charge in [-0.05, 0) is 49.6 Å². The number of nitrogens with one attached hydrogen (secondary N) is 1. The average Bonchev–Trinajstić information content (AvgIpc) is 2.70. The summed E-state index contributed by atoms with van der Waals surface area (Å²) in [5, 5.41) is 3.71. The first kappa shape index (κ1) is 15.3. The number of likely N-dealkylation sites (tertiary alicyclic amines) is 1. The Balaban J connectivity index is 1.90. The van der Waals surface area contributed by atoms with Gasteiger partial charge in [0.25, 0.3) is 0 Å². The maximum Gasteiger partial charge on any atom is 0.00504 e. The van der Waals surface area contributed by atoms with Gasteiger partial charge in [0.05, 0.1) is 0 Å². The largest absolute Gasteiger partial charge is 0.316 e. The molecule has 1 aliphatic carbocycles. The van der Waals surface area contributed by atoms with Gasteiger partial charge in [0.15, 0.2) is 0 Å². The van der Waals surface area contributed by atoms with Crippen molar-refractivity contribution in [2.24, 2.45) is 10.8 Å². The van der Waals surface area contributed by atoms with Gasteiger partial charge >= 0.3 is 0 Å². The van der Waals surface area contributed by atoms with E-state index < -0.39 is 0 Å². The van der Waals surface area contributed by atoms with Crippen molar-refractivity contribution >= 4 is 0 Å². The Morgan fingerprint density at radius 3 is 2.37 bits per heavy atom. The maximum atomic E-state index is 3.71. The maximum absolute atomic E-state index is 3.71. The lowest BCUT2D eigenvalue weighted by atomic mass is 9.73. The fraction of sp³-hybridized carbons (Fsp3) is 1.00. The summed E-state index contributed by atoms with van der Waals surface area (Å²) in [5.41, 5.74) is 1.13. The molecule has 2 fully saturated rings. The van der Waals surface area contributed by atoms with Crippen molar-refractivity contribution in [1.82, 2.24) is 10.2 Å². The Morgan fingerprint density at radius 2 is 1.79 bits per heavy atom. The third-order valence-electron chi connectivity index (χ3n) is 5.16. The van der Waals surface area contributed by atoms with Crippen LogP contribution in [-0.4, -0.2) is 37.6 Å². The second-order valence-electron chi connectivity index (χ2n) is 7.86. The van der Waals surface area contributed by atoms with Crippen molar-refractivity contribution in [3.8, 4) is 0 Å². The molecule has 0 bridgehead atoms. The predicted octanol–water partition coefficient (Wildman–Crippen LogP) is 3.67. The van der Waals surface area contributed by atoms with Crippen molar-refractivity contribution in [2.45, 2.75) is 65.7 Å². The van der Waals surface area contributed by atoms with Crippen LogP contribution >= 0.6 is 0 Å². The SMILES string of the molecule is CCCNCC1(CN2CCC(C)(C)C2)CCCCC1. The summed E-state index contributed by atoms with van der Waals surface area (Å²) in [4.78, 5) is 2.75. The van der Waals surface area contributed by atoms with Gasteiger partial charge in [-0.2, -0.15) is 0 Å². The van der Waals surface area contributed by atoms with Crippen LogP contribution in [0.15, 0.2) is 0 Å². The van der Waals surface area contributed by atoms with Gasteiger partial charge in [0.1, 0.15) is 0 Å². The van der Waals surface area contributed by atoms with Crippen LogP contribution in [0.25, 0.3) is 0 Å². The van der Waals surface area contributed by atoms with Gasteiger partial charge in [0.2, 0.25) is 0 Å². The van der Waals surface area contributed by atoms with Gasteiger partial charge in [-0.25, -0.2) is 0 Å². The van der Waals surface area contributed by atoms with E-state index in [2.05, 4.69) is 31.0 Å². The molecule has 2 rings (SSSR count).